The quantitative estimate of drug-likeness (QED) is 0.675. The van der Waals surface area contributed by atoms with Crippen LogP contribution in [0.3, 0.4) is 0 Å². The van der Waals surface area contributed by atoms with Gasteiger partial charge in [-0.3, -0.25) is 0 Å². The lowest BCUT2D eigenvalue weighted by Gasteiger charge is -2.31. The Morgan fingerprint density at radius 3 is 2.14 bits per heavy atom. The Bertz CT molecular complexity index is 699. The maximum absolute atomic E-state index is 14.2. The number of aliphatic hydroxyl groups excluding tert-OH is 1. The van der Waals surface area contributed by atoms with Gasteiger partial charge >= 0.3 is 0 Å². The Balaban J connectivity index is 1.69. The Hall–Kier alpha value is -1.83. The first-order valence-corrected chi connectivity index (χ1v) is 9.49. The number of alkyl halides is 1. The maximum atomic E-state index is 14.2. The molecular weight excluding hydrogens is 363 g/mol. The molecule has 0 bridgehead atoms. The summed E-state index contributed by atoms with van der Waals surface area (Å²) in [5, 5.41) is 10.6. The monoisotopic (exact) mass is 390 g/mol. The molecule has 28 heavy (non-hydrogen) atoms. The molecule has 1 fully saturated rings. The van der Waals surface area contributed by atoms with Crippen LogP contribution in [-0.4, -0.2) is 49.1 Å². The SMILES string of the molecule is CCOC1O[C@](CF)(COCc2ccccc2)[C@@H](OCc2ccccc2)[C@H]1O. The highest BCUT2D eigenvalue weighted by molar-refractivity contribution is 5.15. The highest BCUT2D eigenvalue weighted by Gasteiger charge is 2.56. The molecule has 5 nitrogen and oxygen atoms in total. The number of benzene rings is 2. The molecular formula is C22H27FO5. The molecule has 1 aliphatic rings. The molecule has 1 unspecified atom stereocenters. The summed E-state index contributed by atoms with van der Waals surface area (Å²) in [6.07, 6.45) is -2.98. The molecule has 0 saturated carbocycles. The predicted molar refractivity (Wildman–Crippen MR) is 102 cm³/mol. The van der Waals surface area contributed by atoms with Crippen LogP contribution in [0.15, 0.2) is 60.7 Å². The molecule has 4 atom stereocenters. The Morgan fingerprint density at radius 1 is 0.964 bits per heavy atom. The van der Waals surface area contributed by atoms with E-state index >= 15 is 0 Å². The zero-order chi connectivity index (χ0) is 19.8. The van der Waals surface area contributed by atoms with E-state index in [1.54, 1.807) is 6.92 Å². The third kappa shape index (κ3) is 4.96. The van der Waals surface area contributed by atoms with Gasteiger partial charge in [0.05, 0.1) is 19.8 Å². The molecule has 6 heteroatoms. The van der Waals surface area contributed by atoms with E-state index in [9.17, 15) is 9.50 Å². The molecule has 1 saturated heterocycles. The molecule has 0 aliphatic carbocycles. The zero-order valence-corrected chi connectivity index (χ0v) is 16.0. The Kier molecular flexibility index (Phi) is 7.53. The van der Waals surface area contributed by atoms with Gasteiger partial charge in [-0.05, 0) is 18.1 Å². The first-order chi connectivity index (χ1) is 13.7. The molecule has 2 aromatic carbocycles. The van der Waals surface area contributed by atoms with Crippen molar-refractivity contribution in [3.8, 4) is 0 Å². The molecule has 3 rings (SSSR count). The topological polar surface area (TPSA) is 57.2 Å². The molecule has 0 aromatic heterocycles. The lowest BCUT2D eigenvalue weighted by molar-refractivity contribution is -0.209. The van der Waals surface area contributed by atoms with E-state index in [2.05, 4.69) is 0 Å². The minimum absolute atomic E-state index is 0.0571. The van der Waals surface area contributed by atoms with Crippen LogP contribution in [0.1, 0.15) is 18.1 Å². The van der Waals surface area contributed by atoms with E-state index in [-0.39, 0.29) is 13.2 Å². The van der Waals surface area contributed by atoms with E-state index in [1.165, 1.54) is 0 Å². The van der Waals surface area contributed by atoms with Crippen molar-refractivity contribution in [1.82, 2.24) is 0 Å². The molecule has 1 N–H and O–H groups in total. The molecule has 0 amide bonds. The smallest absolute Gasteiger partial charge is 0.187 e. The second-order valence-electron chi connectivity index (χ2n) is 6.83. The Labute approximate surface area is 165 Å². The van der Waals surface area contributed by atoms with Gasteiger partial charge in [-0.1, -0.05) is 60.7 Å². The summed E-state index contributed by atoms with van der Waals surface area (Å²) in [5.74, 6) is 0. The maximum Gasteiger partial charge on any atom is 0.187 e. The molecule has 152 valence electrons. The molecule has 1 heterocycles. The molecule has 0 radical (unpaired) electrons. The fraction of sp³-hybridized carbons (Fsp3) is 0.455. The van der Waals surface area contributed by atoms with Crippen LogP contribution >= 0.6 is 0 Å². The fourth-order valence-electron chi connectivity index (χ4n) is 3.31. The molecule has 0 spiro atoms. The first-order valence-electron chi connectivity index (χ1n) is 9.49. The van der Waals surface area contributed by atoms with Crippen molar-refractivity contribution >= 4 is 0 Å². The number of ether oxygens (including phenoxy) is 4. The molecule has 2 aromatic rings. The zero-order valence-electron chi connectivity index (χ0n) is 16.0. The largest absolute Gasteiger partial charge is 0.385 e. The highest BCUT2D eigenvalue weighted by atomic mass is 19.1. The number of hydrogen-bond acceptors (Lipinski definition) is 5. The van der Waals surface area contributed by atoms with Gasteiger partial charge in [0.2, 0.25) is 0 Å². The van der Waals surface area contributed by atoms with E-state index < -0.39 is 30.8 Å². The number of hydrogen-bond donors (Lipinski definition) is 1. The summed E-state index contributed by atoms with van der Waals surface area (Å²) in [7, 11) is 0. The van der Waals surface area contributed by atoms with Crippen LogP contribution in [-0.2, 0) is 32.2 Å². The average molecular weight is 390 g/mol. The van der Waals surface area contributed by atoms with Gasteiger partial charge in [0, 0.05) is 6.61 Å². The van der Waals surface area contributed by atoms with Crippen molar-refractivity contribution in [1.29, 1.82) is 0 Å². The van der Waals surface area contributed by atoms with Gasteiger partial charge < -0.3 is 24.1 Å². The van der Waals surface area contributed by atoms with Crippen LogP contribution in [0.2, 0.25) is 0 Å². The summed E-state index contributed by atoms with van der Waals surface area (Å²) in [4.78, 5) is 0. The third-order valence-corrected chi connectivity index (χ3v) is 4.75. The van der Waals surface area contributed by atoms with Crippen molar-refractivity contribution < 1.29 is 28.4 Å². The summed E-state index contributed by atoms with van der Waals surface area (Å²) < 4.78 is 37.1. The van der Waals surface area contributed by atoms with Crippen LogP contribution in [0.25, 0.3) is 0 Å². The van der Waals surface area contributed by atoms with Crippen molar-refractivity contribution in [2.45, 2.75) is 44.2 Å². The van der Waals surface area contributed by atoms with E-state index in [0.29, 0.717) is 13.2 Å². The Morgan fingerprint density at radius 2 is 1.57 bits per heavy atom. The summed E-state index contributed by atoms with van der Waals surface area (Å²) in [6.45, 7) is 1.75. The fourth-order valence-corrected chi connectivity index (χ4v) is 3.31. The lowest BCUT2D eigenvalue weighted by atomic mass is 9.97. The second-order valence-corrected chi connectivity index (χ2v) is 6.83. The molecule has 1 aliphatic heterocycles. The van der Waals surface area contributed by atoms with E-state index in [4.69, 9.17) is 18.9 Å². The van der Waals surface area contributed by atoms with Gasteiger partial charge in [0.15, 0.2) is 11.9 Å². The van der Waals surface area contributed by atoms with Crippen molar-refractivity contribution in [2.75, 3.05) is 19.9 Å². The summed E-state index contributed by atoms with van der Waals surface area (Å²) >= 11 is 0. The predicted octanol–water partition coefficient (Wildman–Crippen LogP) is 3.25. The number of halogens is 1. The van der Waals surface area contributed by atoms with Crippen LogP contribution < -0.4 is 0 Å². The first kappa shape index (κ1) is 20.9. The lowest BCUT2D eigenvalue weighted by Crippen LogP contribution is -2.50. The summed E-state index contributed by atoms with van der Waals surface area (Å²) in [5.41, 5.74) is 0.466. The van der Waals surface area contributed by atoms with Gasteiger partial charge in [-0.15, -0.1) is 0 Å². The second kappa shape index (κ2) is 10.1. The minimum Gasteiger partial charge on any atom is -0.385 e. The third-order valence-electron chi connectivity index (χ3n) is 4.75. The number of aliphatic hydroxyl groups is 1. The van der Waals surface area contributed by atoms with Crippen LogP contribution in [0.4, 0.5) is 4.39 Å². The van der Waals surface area contributed by atoms with Gasteiger partial charge in [0.25, 0.3) is 0 Å². The highest BCUT2D eigenvalue weighted by Crippen LogP contribution is 2.36. The van der Waals surface area contributed by atoms with Gasteiger partial charge in [-0.25, -0.2) is 4.39 Å². The van der Waals surface area contributed by atoms with Gasteiger partial charge in [0.1, 0.15) is 18.9 Å². The van der Waals surface area contributed by atoms with E-state index in [0.717, 1.165) is 11.1 Å². The minimum atomic E-state index is -1.43. The normalized spacial score (nSPS) is 27.2. The standard InChI is InChI=1S/C22H27FO5/c1-2-26-21-19(24)20(27-14-18-11-7-4-8-12-18)22(15-23,28-21)16-25-13-17-9-5-3-6-10-17/h3-12,19-21,24H,2,13-16H2,1H3/t19-,20+,21?,22-/m1/s1. The van der Waals surface area contributed by atoms with Gasteiger partial charge in [-0.2, -0.15) is 0 Å². The number of rotatable bonds is 10. The summed E-state index contributed by atoms with van der Waals surface area (Å²) in [6, 6.07) is 19.1. The van der Waals surface area contributed by atoms with Crippen LogP contribution in [0.5, 0.6) is 0 Å². The van der Waals surface area contributed by atoms with E-state index in [1.807, 2.05) is 60.7 Å². The average Bonchev–Trinajstić information content (AvgIpc) is 3.00. The van der Waals surface area contributed by atoms with Crippen molar-refractivity contribution in [2.24, 2.45) is 0 Å². The van der Waals surface area contributed by atoms with Crippen molar-refractivity contribution in [3.63, 3.8) is 0 Å². The van der Waals surface area contributed by atoms with Crippen molar-refractivity contribution in [3.05, 3.63) is 71.8 Å². The van der Waals surface area contributed by atoms with Crippen LogP contribution in [0, 0.1) is 0 Å².